The second kappa shape index (κ2) is 9.77. The quantitative estimate of drug-likeness (QED) is 0.511. The summed E-state index contributed by atoms with van der Waals surface area (Å²) in [7, 11) is 0. The van der Waals surface area contributed by atoms with Gasteiger partial charge in [0, 0.05) is 6.54 Å². The van der Waals surface area contributed by atoms with Crippen molar-refractivity contribution in [2.45, 2.75) is 12.5 Å². The molecule has 0 spiro atoms. The second-order valence-electron chi connectivity index (χ2n) is 5.81. The topological polar surface area (TPSA) is 96.1 Å². The molecule has 3 aromatic rings. The molecule has 28 heavy (non-hydrogen) atoms. The fourth-order valence-electron chi connectivity index (χ4n) is 2.48. The molecule has 1 atom stereocenters. The van der Waals surface area contributed by atoms with Crippen molar-refractivity contribution in [3.8, 4) is 0 Å². The average molecular weight is 415 g/mol. The maximum atomic E-state index is 12.7. The molecule has 0 aliphatic rings. The van der Waals surface area contributed by atoms with E-state index < -0.39 is 12.0 Å². The Labute approximate surface area is 170 Å². The molecule has 3 rings (SSSR count). The third kappa shape index (κ3) is 5.73. The Morgan fingerprint density at radius 1 is 1.11 bits per heavy atom. The highest BCUT2D eigenvalue weighted by Gasteiger charge is 2.22. The fourth-order valence-corrected chi connectivity index (χ4v) is 3.27. The highest BCUT2D eigenvalue weighted by atomic mass is 32.1. The van der Waals surface area contributed by atoms with E-state index in [4.69, 9.17) is 17.0 Å². The van der Waals surface area contributed by atoms with Crippen molar-refractivity contribution < 1.29 is 14.3 Å². The van der Waals surface area contributed by atoms with Crippen LogP contribution in [-0.2, 0) is 16.1 Å². The summed E-state index contributed by atoms with van der Waals surface area (Å²) < 4.78 is 5.67. The molecule has 0 fully saturated rings. The molecule has 144 valence electrons. The molecule has 2 aromatic carbocycles. The number of carbonyl (C=O) groups is 2. The van der Waals surface area contributed by atoms with E-state index in [0.29, 0.717) is 9.09 Å². The lowest BCUT2D eigenvalue weighted by molar-refractivity contribution is -0.117. The molecule has 1 unspecified atom stereocenters. The van der Waals surface area contributed by atoms with Gasteiger partial charge in [-0.2, -0.15) is 0 Å². The van der Waals surface area contributed by atoms with Crippen LogP contribution >= 0.6 is 23.6 Å². The van der Waals surface area contributed by atoms with Gasteiger partial charge in [-0.1, -0.05) is 72.0 Å². The molecule has 0 saturated carbocycles. The van der Waals surface area contributed by atoms with Crippen LogP contribution < -0.4 is 10.6 Å². The van der Waals surface area contributed by atoms with Crippen molar-refractivity contribution in [1.29, 1.82) is 0 Å². The zero-order valence-corrected chi connectivity index (χ0v) is 16.4. The van der Waals surface area contributed by atoms with Crippen LogP contribution in [0, 0.1) is 3.95 Å². The summed E-state index contributed by atoms with van der Waals surface area (Å²) in [5, 5.41) is 12.3. The Hall–Kier alpha value is -3.04. The van der Waals surface area contributed by atoms with Crippen molar-refractivity contribution >= 4 is 40.7 Å². The lowest BCUT2D eigenvalue weighted by atomic mass is 9.98. The molecule has 0 aliphatic heterocycles. The van der Waals surface area contributed by atoms with Crippen molar-refractivity contribution in [2.24, 2.45) is 0 Å². The maximum absolute atomic E-state index is 12.7. The van der Waals surface area contributed by atoms with E-state index in [1.165, 1.54) is 0 Å². The van der Waals surface area contributed by atoms with Crippen LogP contribution in [0.3, 0.4) is 0 Å². The molecule has 9 heteroatoms. The van der Waals surface area contributed by atoms with E-state index in [1.54, 1.807) is 0 Å². The Morgan fingerprint density at radius 2 is 1.79 bits per heavy atom. The first-order valence-electron chi connectivity index (χ1n) is 8.47. The number of rotatable bonds is 7. The number of aromatic amines is 1. The zero-order chi connectivity index (χ0) is 19.8. The van der Waals surface area contributed by atoms with E-state index in [9.17, 15) is 9.59 Å². The number of benzene rings is 2. The Bertz CT molecular complexity index is 973. The summed E-state index contributed by atoms with van der Waals surface area (Å²) in [5.41, 5.74) is 1.65. The summed E-state index contributed by atoms with van der Waals surface area (Å²) in [6.07, 6.45) is -0.590. The van der Waals surface area contributed by atoms with Gasteiger partial charge in [0.1, 0.15) is 6.61 Å². The van der Waals surface area contributed by atoms with Gasteiger partial charge in [0.2, 0.25) is 11.0 Å². The van der Waals surface area contributed by atoms with Gasteiger partial charge in [-0.05, 0) is 23.3 Å². The fraction of sp³-hybridized carbons (Fsp3) is 0.158. The van der Waals surface area contributed by atoms with Crippen LogP contribution in [0.2, 0.25) is 0 Å². The SMILES string of the molecule is O=C(NCC(C(=O)Nc1n[nH]c(=S)s1)c1ccccc1)OCc1ccccc1. The molecule has 3 N–H and O–H groups in total. The second-order valence-corrected chi connectivity index (χ2v) is 7.48. The van der Waals surface area contributed by atoms with Gasteiger partial charge in [0.25, 0.3) is 0 Å². The lowest BCUT2D eigenvalue weighted by Gasteiger charge is -2.17. The molecule has 1 heterocycles. The van der Waals surface area contributed by atoms with Gasteiger partial charge in [0.05, 0.1) is 5.92 Å². The standard InChI is InChI=1S/C19H18N4O3S2/c24-16(21-17-22-23-19(27)28-17)15(14-9-5-2-6-10-14)11-20-18(25)26-12-13-7-3-1-4-8-13/h1-10,15H,11-12H2,(H,20,25)(H,23,27)(H,21,22,24). The molecule has 2 amide bonds. The molecular weight excluding hydrogens is 396 g/mol. The number of anilines is 1. The number of ether oxygens (including phenoxy) is 1. The number of hydrogen-bond acceptors (Lipinski definition) is 6. The van der Waals surface area contributed by atoms with Gasteiger partial charge >= 0.3 is 6.09 Å². The van der Waals surface area contributed by atoms with Crippen molar-refractivity contribution in [3.63, 3.8) is 0 Å². The van der Waals surface area contributed by atoms with E-state index in [-0.39, 0.29) is 19.1 Å². The molecule has 0 saturated heterocycles. The van der Waals surface area contributed by atoms with E-state index in [2.05, 4.69) is 20.8 Å². The van der Waals surface area contributed by atoms with Gasteiger partial charge < -0.3 is 10.1 Å². The predicted molar refractivity (Wildman–Crippen MR) is 110 cm³/mol. The first kappa shape index (κ1) is 19.7. The third-order valence-electron chi connectivity index (χ3n) is 3.85. The van der Waals surface area contributed by atoms with Crippen LogP contribution in [-0.4, -0.2) is 28.7 Å². The molecule has 0 bridgehead atoms. The van der Waals surface area contributed by atoms with Crippen LogP contribution in [0.4, 0.5) is 9.93 Å². The molecule has 1 aromatic heterocycles. The van der Waals surface area contributed by atoms with Crippen LogP contribution in [0.5, 0.6) is 0 Å². The Balaban J connectivity index is 1.61. The lowest BCUT2D eigenvalue weighted by Crippen LogP contribution is -2.34. The summed E-state index contributed by atoms with van der Waals surface area (Å²) in [5.74, 6) is -0.907. The normalized spacial score (nSPS) is 11.4. The minimum Gasteiger partial charge on any atom is -0.445 e. The van der Waals surface area contributed by atoms with E-state index >= 15 is 0 Å². The first-order valence-corrected chi connectivity index (χ1v) is 9.70. The molecule has 7 nitrogen and oxygen atoms in total. The minimum atomic E-state index is -0.608. The summed E-state index contributed by atoms with van der Waals surface area (Å²) >= 11 is 6.14. The first-order chi connectivity index (χ1) is 13.6. The monoisotopic (exact) mass is 414 g/mol. The van der Waals surface area contributed by atoms with Crippen LogP contribution in [0.15, 0.2) is 60.7 Å². The number of aromatic nitrogens is 2. The molecular formula is C19H18N4O3S2. The van der Waals surface area contributed by atoms with Crippen LogP contribution in [0.25, 0.3) is 0 Å². The Kier molecular flexibility index (Phi) is 6.88. The minimum absolute atomic E-state index is 0.0826. The summed E-state index contributed by atoms with van der Waals surface area (Å²) in [6, 6.07) is 18.6. The highest BCUT2D eigenvalue weighted by Crippen LogP contribution is 2.19. The van der Waals surface area contributed by atoms with Gasteiger partial charge in [0.15, 0.2) is 3.95 Å². The van der Waals surface area contributed by atoms with Gasteiger partial charge in [-0.3, -0.25) is 15.2 Å². The number of carbonyl (C=O) groups excluding carboxylic acids is 2. The average Bonchev–Trinajstić information content (AvgIpc) is 3.12. The molecule has 0 radical (unpaired) electrons. The smallest absolute Gasteiger partial charge is 0.407 e. The van der Waals surface area contributed by atoms with Crippen molar-refractivity contribution in [3.05, 3.63) is 75.7 Å². The highest BCUT2D eigenvalue weighted by molar-refractivity contribution is 7.73. The van der Waals surface area contributed by atoms with Crippen molar-refractivity contribution in [2.75, 3.05) is 11.9 Å². The predicted octanol–water partition coefficient (Wildman–Crippen LogP) is 3.85. The van der Waals surface area contributed by atoms with E-state index in [1.807, 2.05) is 60.7 Å². The van der Waals surface area contributed by atoms with Crippen LogP contribution in [0.1, 0.15) is 17.0 Å². The van der Waals surface area contributed by atoms with E-state index in [0.717, 1.165) is 22.5 Å². The summed E-state index contributed by atoms with van der Waals surface area (Å²) in [6.45, 7) is 0.241. The number of hydrogen-bond donors (Lipinski definition) is 3. The number of nitrogens with zero attached hydrogens (tertiary/aromatic N) is 1. The zero-order valence-electron chi connectivity index (χ0n) is 14.8. The summed E-state index contributed by atoms with van der Waals surface area (Å²) in [4.78, 5) is 24.8. The maximum Gasteiger partial charge on any atom is 0.407 e. The third-order valence-corrected chi connectivity index (χ3v) is 4.85. The molecule has 0 aliphatic carbocycles. The van der Waals surface area contributed by atoms with Gasteiger partial charge in [-0.25, -0.2) is 4.79 Å². The number of H-pyrrole nitrogens is 1. The number of alkyl carbamates (subject to hydrolysis) is 1. The van der Waals surface area contributed by atoms with Crippen molar-refractivity contribution in [1.82, 2.24) is 15.5 Å². The number of amides is 2. The van der Waals surface area contributed by atoms with Gasteiger partial charge in [-0.15, -0.1) is 5.10 Å². The largest absolute Gasteiger partial charge is 0.445 e. The number of nitrogens with one attached hydrogen (secondary N) is 3. The Morgan fingerprint density at radius 3 is 2.43 bits per heavy atom.